The topological polar surface area (TPSA) is 87.4 Å². The Bertz CT molecular complexity index is 1130. The molecule has 0 saturated heterocycles. The van der Waals surface area contributed by atoms with Gasteiger partial charge in [-0.15, -0.1) is 0 Å². The van der Waals surface area contributed by atoms with Crippen molar-refractivity contribution in [3.05, 3.63) is 85.1 Å². The normalized spacial score (nSPS) is 11.3. The van der Waals surface area contributed by atoms with Gasteiger partial charge in [-0.25, -0.2) is 9.36 Å². The minimum atomic E-state index is -0.694. The number of hydrogen-bond donors (Lipinski definition) is 2. The van der Waals surface area contributed by atoms with Gasteiger partial charge in [-0.2, -0.15) is 0 Å². The van der Waals surface area contributed by atoms with Crippen LogP contribution in [0.1, 0.15) is 27.8 Å². The van der Waals surface area contributed by atoms with Gasteiger partial charge < -0.3 is 5.11 Å². The van der Waals surface area contributed by atoms with Crippen molar-refractivity contribution in [2.45, 2.75) is 27.7 Å². The fraction of sp³-hybridized carbons (Fsp3) is 0.190. The quantitative estimate of drug-likeness (QED) is 0.701. The summed E-state index contributed by atoms with van der Waals surface area (Å²) in [7, 11) is 0. The van der Waals surface area contributed by atoms with E-state index in [0.29, 0.717) is 11.4 Å². The lowest BCUT2D eigenvalue weighted by atomic mass is 10.0. The third-order valence-corrected chi connectivity index (χ3v) is 4.36. The van der Waals surface area contributed by atoms with Gasteiger partial charge in [0.1, 0.15) is 5.56 Å². The summed E-state index contributed by atoms with van der Waals surface area (Å²) in [6, 6.07) is 11.2. The zero-order valence-corrected chi connectivity index (χ0v) is 15.7. The van der Waals surface area contributed by atoms with E-state index in [0.717, 1.165) is 26.8 Å². The highest BCUT2D eigenvalue weighted by Crippen LogP contribution is 2.24. The number of aryl methyl sites for hydroxylation is 4. The monoisotopic (exact) mass is 363 g/mol. The molecule has 0 spiro atoms. The first-order valence-corrected chi connectivity index (χ1v) is 8.55. The predicted octanol–water partition coefficient (Wildman–Crippen LogP) is 3.22. The van der Waals surface area contributed by atoms with E-state index >= 15 is 0 Å². The van der Waals surface area contributed by atoms with E-state index in [-0.39, 0.29) is 5.56 Å². The SMILES string of the molecule is Cc1ccc(N=Cc2c(O)n(-c3c(C)cc(C)cc3C)c(=O)[nH]c2=O)cc1. The predicted molar refractivity (Wildman–Crippen MR) is 107 cm³/mol. The van der Waals surface area contributed by atoms with Gasteiger partial charge in [0.2, 0.25) is 5.88 Å². The highest BCUT2D eigenvalue weighted by Gasteiger charge is 2.17. The molecule has 0 aliphatic carbocycles. The van der Waals surface area contributed by atoms with E-state index in [9.17, 15) is 14.7 Å². The van der Waals surface area contributed by atoms with Crippen molar-refractivity contribution in [3.63, 3.8) is 0 Å². The van der Waals surface area contributed by atoms with Crippen LogP contribution in [0.2, 0.25) is 0 Å². The van der Waals surface area contributed by atoms with Crippen LogP contribution in [0, 0.1) is 27.7 Å². The van der Waals surface area contributed by atoms with E-state index in [1.165, 1.54) is 6.21 Å². The van der Waals surface area contributed by atoms with Gasteiger partial charge >= 0.3 is 5.69 Å². The van der Waals surface area contributed by atoms with Crippen LogP contribution in [0.15, 0.2) is 51.0 Å². The van der Waals surface area contributed by atoms with Gasteiger partial charge in [0.15, 0.2) is 0 Å². The lowest BCUT2D eigenvalue weighted by molar-refractivity contribution is 0.429. The Morgan fingerprint density at radius 2 is 1.56 bits per heavy atom. The Kier molecular flexibility index (Phi) is 4.81. The third-order valence-electron chi connectivity index (χ3n) is 4.36. The summed E-state index contributed by atoms with van der Waals surface area (Å²) < 4.78 is 1.11. The smallest absolute Gasteiger partial charge is 0.335 e. The van der Waals surface area contributed by atoms with Crippen LogP contribution in [-0.2, 0) is 0 Å². The minimum Gasteiger partial charge on any atom is -0.493 e. The van der Waals surface area contributed by atoms with Crippen molar-refractivity contribution < 1.29 is 5.11 Å². The largest absolute Gasteiger partial charge is 0.493 e. The van der Waals surface area contributed by atoms with Gasteiger partial charge in [0.25, 0.3) is 5.56 Å². The zero-order chi connectivity index (χ0) is 19.7. The highest BCUT2D eigenvalue weighted by molar-refractivity contribution is 5.84. The number of nitrogens with one attached hydrogen (secondary N) is 1. The van der Waals surface area contributed by atoms with Crippen molar-refractivity contribution in [1.82, 2.24) is 9.55 Å². The number of aromatic hydroxyl groups is 1. The van der Waals surface area contributed by atoms with Gasteiger partial charge in [-0.1, -0.05) is 35.4 Å². The molecule has 2 aromatic carbocycles. The lowest BCUT2D eigenvalue weighted by Crippen LogP contribution is -2.32. The molecule has 0 bridgehead atoms. The van der Waals surface area contributed by atoms with Crippen LogP contribution in [0.25, 0.3) is 5.69 Å². The Hall–Kier alpha value is -3.41. The van der Waals surface area contributed by atoms with Crippen LogP contribution in [-0.4, -0.2) is 20.9 Å². The average molecular weight is 363 g/mol. The molecular weight excluding hydrogens is 342 g/mol. The van der Waals surface area contributed by atoms with Crippen LogP contribution in [0.5, 0.6) is 5.88 Å². The standard InChI is InChI=1S/C21H21N3O3/c1-12-5-7-16(8-6-12)22-11-17-19(25)23-21(27)24(20(17)26)18-14(3)9-13(2)10-15(18)4/h5-11,26H,1-4H3,(H,23,25,27). The van der Waals surface area contributed by atoms with Gasteiger partial charge in [0.05, 0.1) is 11.4 Å². The molecule has 1 aromatic heterocycles. The molecule has 0 unspecified atom stereocenters. The molecular formula is C21H21N3O3. The molecule has 27 heavy (non-hydrogen) atoms. The summed E-state index contributed by atoms with van der Waals surface area (Å²) in [5.74, 6) is -0.435. The van der Waals surface area contributed by atoms with Crippen LogP contribution in [0.4, 0.5) is 5.69 Å². The fourth-order valence-electron chi connectivity index (χ4n) is 3.16. The Labute approximate surface area is 156 Å². The molecule has 0 radical (unpaired) electrons. The maximum Gasteiger partial charge on any atom is 0.335 e. The number of aromatic amines is 1. The summed E-state index contributed by atoms with van der Waals surface area (Å²) in [4.78, 5) is 31.1. The first kappa shape index (κ1) is 18.4. The number of aliphatic imine (C=N–C) groups is 1. The van der Waals surface area contributed by atoms with E-state index in [1.807, 2.05) is 52.0 Å². The van der Waals surface area contributed by atoms with E-state index in [4.69, 9.17) is 0 Å². The number of aromatic nitrogens is 2. The summed E-state index contributed by atoms with van der Waals surface area (Å²) >= 11 is 0. The molecule has 0 amide bonds. The van der Waals surface area contributed by atoms with Crippen molar-refractivity contribution in [2.75, 3.05) is 0 Å². The Morgan fingerprint density at radius 1 is 0.963 bits per heavy atom. The number of benzene rings is 2. The molecule has 0 fully saturated rings. The lowest BCUT2D eigenvalue weighted by Gasteiger charge is -2.15. The van der Waals surface area contributed by atoms with E-state index in [1.54, 1.807) is 12.1 Å². The molecule has 3 aromatic rings. The highest BCUT2D eigenvalue weighted by atomic mass is 16.3. The van der Waals surface area contributed by atoms with E-state index in [2.05, 4.69) is 9.98 Å². The van der Waals surface area contributed by atoms with Crippen molar-refractivity contribution >= 4 is 11.9 Å². The molecule has 138 valence electrons. The summed E-state index contributed by atoms with van der Waals surface area (Å²) in [5.41, 5.74) is 3.50. The molecule has 0 saturated carbocycles. The molecule has 0 aliphatic rings. The minimum absolute atomic E-state index is 0.0745. The van der Waals surface area contributed by atoms with Crippen LogP contribution in [0.3, 0.4) is 0 Å². The second-order valence-electron chi connectivity index (χ2n) is 6.67. The van der Waals surface area contributed by atoms with Gasteiger partial charge in [0, 0.05) is 6.21 Å². The zero-order valence-electron chi connectivity index (χ0n) is 15.7. The average Bonchev–Trinajstić information content (AvgIpc) is 2.58. The first-order valence-electron chi connectivity index (χ1n) is 8.55. The first-order chi connectivity index (χ1) is 12.8. The summed E-state index contributed by atoms with van der Waals surface area (Å²) in [5, 5.41) is 10.7. The fourth-order valence-corrected chi connectivity index (χ4v) is 3.16. The second kappa shape index (κ2) is 7.07. The molecule has 0 atom stereocenters. The number of rotatable bonds is 3. The molecule has 0 aliphatic heterocycles. The van der Waals surface area contributed by atoms with Crippen LogP contribution < -0.4 is 11.2 Å². The summed E-state index contributed by atoms with van der Waals surface area (Å²) in [6.45, 7) is 7.63. The molecule has 6 nitrogen and oxygen atoms in total. The Balaban J connectivity index is 2.19. The van der Waals surface area contributed by atoms with Crippen molar-refractivity contribution in [2.24, 2.45) is 4.99 Å². The van der Waals surface area contributed by atoms with E-state index < -0.39 is 17.1 Å². The molecule has 2 N–H and O–H groups in total. The Morgan fingerprint density at radius 3 is 2.15 bits per heavy atom. The number of hydrogen-bond acceptors (Lipinski definition) is 4. The summed E-state index contributed by atoms with van der Waals surface area (Å²) in [6.07, 6.45) is 1.27. The number of H-pyrrole nitrogens is 1. The van der Waals surface area contributed by atoms with Gasteiger partial charge in [-0.3, -0.25) is 14.8 Å². The molecule has 1 heterocycles. The van der Waals surface area contributed by atoms with Crippen LogP contribution >= 0.6 is 0 Å². The number of nitrogens with zero attached hydrogens (tertiary/aromatic N) is 2. The van der Waals surface area contributed by atoms with Crippen molar-refractivity contribution in [1.29, 1.82) is 0 Å². The van der Waals surface area contributed by atoms with Gasteiger partial charge in [-0.05, 0) is 51.0 Å². The maximum atomic E-state index is 12.4. The maximum absolute atomic E-state index is 12.4. The van der Waals surface area contributed by atoms with Crippen molar-refractivity contribution in [3.8, 4) is 11.6 Å². The molecule has 6 heteroatoms. The molecule has 3 rings (SSSR count). The second-order valence-corrected chi connectivity index (χ2v) is 6.67. The third kappa shape index (κ3) is 3.60.